The summed E-state index contributed by atoms with van der Waals surface area (Å²) in [6.45, 7) is 13.1. The topological polar surface area (TPSA) is 45.4 Å². The second kappa shape index (κ2) is 5.96. The van der Waals surface area contributed by atoms with Gasteiger partial charge in [0.25, 0.3) is 0 Å². The van der Waals surface area contributed by atoms with Gasteiger partial charge in [0.15, 0.2) is 11.4 Å². The van der Waals surface area contributed by atoms with E-state index >= 15 is 0 Å². The third kappa shape index (κ3) is 2.40. The normalized spacial score (nSPS) is 15.7. The maximum absolute atomic E-state index is 6.36. The fourth-order valence-corrected chi connectivity index (χ4v) is 4.88. The van der Waals surface area contributed by atoms with Gasteiger partial charge in [-0.2, -0.15) is 0 Å². The summed E-state index contributed by atoms with van der Waals surface area (Å²) in [7, 11) is 0. The molecule has 0 spiro atoms. The molecular weight excluding hydrogens is 360 g/mol. The van der Waals surface area contributed by atoms with Crippen LogP contribution in [-0.4, -0.2) is 21.7 Å². The van der Waals surface area contributed by atoms with Crippen molar-refractivity contribution >= 4 is 39.3 Å². The van der Waals surface area contributed by atoms with Crippen LogP contribution < -0.4 is 9.80 Å². The van der Waals surface area contributed by atoms with Gasteiger partial charge in [-0.1, -0.05) is 12.1 Å². The van der Waals surface area contributed by atoms with Gasteiger partial charge in [-0.3, -0.25) is 4.90 Å². The molecule has 0 N–H and O–H groups in total. The summed E-state index contributed by atoms with van der Waals surface area (Å²) in [6.07, 6.45) is 1.87. The fourth-order valence-electron chi connectivity index (χ4n) is 4.88. The number of hydrogen-bond donors (Lipinski definition) is 0. The van der Waals surface area contributed by atoms with Crippen LogP contribution in [0.4, 0.5) is 17.2 Å². The molecule has 5 heteroatoms. The molecule has 0 fully saturated rings. The lowest BCUT2D eigenvalue weighted by Crippen LogP contribution is -2.53. The van der Waals surface area contributed by atoms with Crippen LogP contribution in [0.5, 0.6) is 0 Å². The predicted octanol–water partition coefficient (Wildman–Crippen LogP) is 6.10. The highest BCUT2D eigenvalue weighted by Crippen LogP contribution is 2.51. The van der Waals surface area contributed by atoms with Gasteiger partial charge in [-0.05, 0) is 71.4 Å². The molecule has 1 aliphatic heterocycles. The molecule has 0 saturated carbocycles. The Morgan fingerprint density at radius 3 is 2.52 bits per heavy atom. The molecule has 0 amide bonds. The van der Waals surface area contributed by atoms with Gasteiger partial charge in [0.1, 0.15) is 5.66 Å². The van der Waals surface area contributed by atoms with E-state index in [9.17, 15) is 0 Å². The smallest absolute Gasteiger partial charge is 0.227 e. The minimum Gasteiger partial charge on any atom is -0.435 e. The zero-order valence-electron chi connectivity index (χ0n) is 17.8. The Labute approximate surface area is 171 Å². The lowest BCUT2D eigenvalue weighted by atomic mass is 10.0. The van der Waals surface area contributed by atoms with Crippen molar-refractivity contribution in [2.24, 2.45) is 0 Å². The van der Waals surface area contributed by atoms with Gasteiger partial charge < -0.3 is 9.32 Å². The molecule has 29 heavy (non-hydrogen) atoms. The Kier molecular flexibility index (Phi) is 3.69. The first-order valence-electron chi connectivity index (χ1n) is 10.1. The van der Waals surface area contributed by atoms with Crippen molar-refractivity contribution in [3.05, 3.63) is 53.9 Å². The van der Waals surface area contributed by atoms with Crippen molar-refractivity contribution in [2.75, 3.05) is 9.80 Å². The van der Waals surface area contributed by atoms with Crippen molar-refractivity contribution in [1.82, 2.24) is 9.97 Å². The monoisotopic (exact) mass is 386 g/mol. The van der Waals surface area contributed by atoms with Crippen LogP contribution in [-0.2, 0) is 0 Å². The first-order chi connectivity index (χ1) is 13.8. The van der Waals surface area contributed by atoms with Gasteiger partial charge in [-0.25, -0.2) is 9.97 Å². The Bertz CT molecular complexity index is 1250. The van der Waals surface area contributed by atoms with Gasteiger partial charge in [0, 0.05) is 28.7 Å². The molecule has 3 aromatic heterocycles. The molecule has 0 atom stereocenters. The fraction of sp³-hybridized carbons (Fsp3) is 0.333. The van der Waals surface area contributed by atoms with E-state index in [-0.39, 0.29) is 5.66 Å². The summed E-state index contributed by atoms with van der Waals surface area (Å²) in [6, 6.07) is 12.9. The Morgan fingerprint density at radius 2 is 1.76 bits per heavy atom. The summed E-state index contributed by atoms with van der Waals surface area (Å²) in [5, 5.41) is 2.13. The van der Waals surface area contributed by atoms with Crippen LogP contribution >= 0.6 is 0 Å². The number of furan rings is 1. The lowest BCUT2D eigenvalue weighted by Gasteiger charge is -2.42. The number of benzene rings is 1. The summed E-state index contributed by atoms with van der Waals surface area (Å²) in [5.41, 5.74) is 5.57. The summed E-state index contributed by atoms with van der Waals surface area (Å²) in [5.74, 6) is 0.964. The number of nitrogens with zero attached hydrogens (tertiary/aromatic N) is 4. The van der Waals surface area contributed by atoms with Crippen LogP contribution in [0.2, 0.25) is 0 Å². The molecule has 0 radical (unpaired) electrons. The average molecular weight is 386 g/mol. The second-order valence-electron chi connectivity index (χ2n) is 8.65. The Hall–Kier alpha value is -3.08. The standard InChI is InChI=1S/C24H26N4O/c1-14(2)27-19-8-7-13-25-22(19)28(24(27,5)6)20-15(3)9-11-17-18-12-10-16(4)26-23(18)29-21(17)20/h7-14H,1-6H3. The van der Waals surface area contributed by atoms with E-state index in [4.69, 9.17) is 9.40 Å². The number of hydrogen-bond acceptors (Lipinski definition) is 5. The molecule has 148 valence electrons. The quantitative estimate of drug-likeness (QED) is 0.417. The third-order valence-corrected chi connectivity index (χ3v) is 5.94. The maximum atomic E-state index is 6.36. The number of aromatic nitrogens is 2. The predicted molar refractivity (Wildman–Crippen MR) is 119 cm³/mol. The number of anilines is 3. The van der Waals surface area contributed by atoms with Gasteiger partial charge >= 0.3 is 0 Å². The summed E-state index contributed by atoms with van der Waals surface area (Å²) >= 11 is 0. The van der Waals surface area contributed by atoms with E-state index in [1.165, 1.54) is 0 Å². The van der Waals surface area contributed by atoms with E-state index in [1.54, 1.807) is 0 Å². The van der Waals surface area contributed by atoms with E-state index < -0.39 is 0 Å². The third-order valence-electron chi connectivity index (χ3n) is 5.94. The molecule has 0 aliphatic carbocycles. The molecule has 0 bridgehead atoms. The van der Waals surface area contributed by atoms with Crippen molar-refractivity contribution in [3.63, 3.8) is 0 Å². The van der Waals surface area contributed by atoms with Crippen molar-refractivity contribution < 1.29 is 4.42 Å². The van der Waals surface area contributed by atoms with Crippen molar-refractivity contribution in [3.8, 4) is 0 Å². The highest BCUT2D eigenvalue weighted by Gasteiger charge is 2.46. The molecule has 4 aromatic rings. The minimum absolute atomic E-state index is 0.299. The molecule has 4 heterocycles. The zero-order valence-corrected chi connectivity index (χ0v) is 17.8. The van der Waals surface area contributed by atoms with Crippen LogP contribution in [0.1, 0.15) is 39.0 Å². The number of fused-ring (bicyclic) bond motifs is 4. The highest BCUT2D eigenvalue weighted by atomic mass is 16.3. The van der Waals surface area contributed by atoms with Crippen LogP contribution in [0.15, 0.2) is 47.0 Å². The largest absolute Gasteiger partial charge is 0.435 e. The number of aryl methyl sites for hydroxylation is 2. The second-order valence-corrected chi connectivity index (χ2v) is 8.65. The highest BCUT2D eigenvalue weighted by molar-refractivity contribution is 6.10. The van der Waals surface area contributed by atoms with E-state index in [0.29, 0.717) is 11.8 Å². The SMILES string of the molecule is Cc1ccc2c(n1)oc1c(N3c4ncccc4N(C(C)C)C3(C)C)c(C)ccc12. The summed E-state index contributed by atoms with van der Waals surface area (Å²) < 4.78 is 6.36. The molecule has 1 aliphatic rings. The van der Waals surface area contributed by atoms with E-state index in [2.05, 4.69) is 73.7 Å². The van der Waals surface area contributed by atoms with Crippen molar-refractivity contribution in [1.29, 1.82) is 0 Å². The molecule has 5 rings (SSSR count). The van der Waals surface area contributed by atoms with Crippen LogP contribution in [0.25, 0.3) is 22.1 Å². The maximum Gasteiger partial charge on any atom is 0.227 e. The van der Waals surface area contributed by atoms with Crippen LogP contribution in [0, 0.1) is 13.8 Å². The first-order valence-corrected chi connectivity index (χ1v) is 10.1. The van der Waals surface area contributed by atoms with E-state index in [0.717, 1.165) is 44.8 Å². The number of rotatable bonds is 2. The Morgan fingerprint density at radius 1 is 1.00 bits per heavy atom. The number of pyridine rings is 2. The zero-order chi connectivity index (χ0) is 20.5. The van der Waals surface area contributed by atoms with Crippen molar-refractivity contribution in [2.45, 2.75) is 53.2 Å². The molecule has 0 saturated heterocycles. The van der Waals surface area contributed by atoms with Gasteiger partial charge in [-0.15, -0.1) is 0 Å². The molecule has 0 unspecified atom stereocenters. The van der Waals surface area contributed by atoms with Crippen LogP contribution in [0.3, 0.4) is 0 Å². The van der Waals surface area contributed by atoms with Gasteiger partial charge in [0.05, 0.1) is 11.4 Å². The van der Waals surface area contributed by atoms with E-state index in [1.807, 2.05) is 25.3 Å². The summed E-state index contributed by atoms with van der Waals surface area (Å²) in [4.78, 5) is 14.2. The lowest BCUT2D eigenvalue weighted by molar-refractivity contribution is 0.456. The molecule has 1 aromatic carbocycles. The molecular formula is C24H26N4O. The average Bonchev–Trinajstić information content (AvgIpc) is 3.12. The Balaban J connectivity index is 1.85. The molecule has 5 nitrogen and oxygen atoms in total. The minimum atomic E-state index is -0.299. The van der Waals surface area contributed by atoms with Gasteiger partial charge in [0.2, 0.25) is 5.71 Å². The first kappa shape index (κ1) is 18.0.